The van der Waals surface area contributed by atoms with Crippen LogP contribution in [0, 0.1) is 0 Å². The van der Waals surface area contributed by atoms with Crippen LogP contribution in [0.15, 0.2) is 12.1 Å². The number of hydrogen-bond donors (Lipinski definition) is 2. The molecule has 0 unspecified atom stereocenters. The molecule has 1 aromatic rings. The lowest BCUT2D eigenvalue weighted by molar-refractivity contribution is -0.144. The second-order valence-corrected chi connectivity index (χ2v) is 5.84. The van der Waals surface area contributed by atoms with E-state index in [1.54, 1.807) is 0 Å². The Morgan fingerprint density at radius 1 is 1.24 bits per heavy atom. The first-order valence-electron chi connectivity index (χ1n) is 6.48. The van der Waals surface area contributed by atoms with E-state index in [2.05, 4.69) is 5.32 Å². The second kappa shape index (κ2) is 6.12. The number of carboxylic acid groups (broad SMARTS) is 1. The maximum Gasteiger partial charge on any atom is 0.329 e. The molecule has 2 rings (SSSR count). The van der Waals surface area contributed by atoms with Gasteiger partial charge in [0, 0.05) is 5.56 Å². The van der Waals surface area contributed by atoms with Crippen LogP contribution in [0.25, 0.3) is 0 Å². The highest BCUT2D eigenvalue weighted by molar-refractivity contribution is 6.37. The molecule has 114 valence electrons. The number of carbonyl (C=O) groups is 2. The van der Waals surface area contributed by atoms with Crippen molar-refractivity contribution < 1.29 is 19.4 Å². The van der Waals surface area contributed by atoms with Crippen molar-refractivity contribution in [3.8, 4) is 5.75 Å². The molecule has 0 bridgehead atoms. The van der Waals surface area contributed by atoms with Crippen molar-refractivity contribution in [2.24, 2.45) is 0 Å². The molecule has 0 atom stereocenters. The number of benzene rings is 1. The van der Waals surface area contributed by atoms with E-state index in [0.29, 0.717) is 12.8 Å². The quantitative estimate of drug-likeness (QED) is 0.888. The minimum atomic E-state index is -1.20. The average molecular weight is 332 g/mol. The van der Waals surface area contributed by atoms with Crippen molar-refractivity contribution in [2.45, 2.75) is 31.2 Å². The SMILES string of the molecule is COc1c(Cl)cc(C(=O)NC2(C(=O)O)CCCC2)cc1Cl. The van der Waals surface area contributed by atoms with Crippen LogP contribution >= 0.6 is 23.2 Å². The first-order chi connectivity index (χ1) is 9.89. The Bertz CT molecular complexity index is 559. The van der Waals surface area contributed by atoms with Crippen molar-refractivity contribution in [3.63, 3.8) is 0 Å². The number of carboxylic acids is 1. The van der Waals surface area contributed by atoms with Gasteiger partial charge in [-0.3, -0.25) is 4.79 Å². The fourth-order valence-electron chi connectivity index (χ4n) is 2.55. The molecule has 1 aliphatic carbocycles. The van der Waals surface area contributed by atoms with Gasteiger partial charge < -0.3 is 15.2 Å². The number of halogens is 2. The van der Waals surface area contributed by atoms with Gasteiger partial charge >= 0.3 is 5.97 Å². The van der Waals surface area contributed by atoms with E-state index in [9.17, 15) is 14.7 Å². The minimum Gasteiger partial charge on any atom is -0.494 e. The van der Waals surface area contributed by atoms with Crippen molar-refractivity contribution >= 4 is 35.1 Å². The molecule has 1 fully saturated rings. The molecule has 7 heteroatoms. The number of aliphatic carboxylic acids is 1. The lowest BCUT2D eigenvalue weighted by Crippen LogP contribution is -2.52. The normalized spacial score (nSPS) is 16.5. The second-order valence-electron chi connectivity index (χ2n) is 5.02. The summed E-state index contributed by atoms with van der Waals surface area (Å²) in [6.45, 7) is 0. The minimum absolute atomic E-state index is 0.200. The molecule has 1 saturated carbocycles. The largest absolute Gasteiger partial charge is 0.494 e. The third kappa shape index (κ3) is 3.09. The van der Waals surface area contributed by atoms with Crippen molar-refractivity contribution in [3.05, 3.63) is 27.7 Å². The predicted molar refractivity (Wildman–Crippen MR) is 79.3 cm³/mol. The van der Waals surface area contributed by atoms with Gasteiger partial charge in [0.1, 0.15) is 5.54 Å². The van der Waals surface area contributed by atoms with E-state index >= 15 is 0 Å². The Balaban J connectivity index is 2.26. The third-order valence-corrected chi connectivity index (χ3v) is 4.25. The highest BCUT2D eigenvalue weighted by atomic mass is 35.5. The molecule has 21 heavy (non-hydrogen) atoms. The molecule has 5 nitrogen and oxygen atoms in total. The van der Waals surface area contributed by atoms with Gasteiger partial charge in [-0.1, -0.05) is 36.0 Å². The van der Waals surface area contributed by atoms with Gasteiger partial charge in [-0.2, -0.15) is 0 Å². The monoisotopic (exact) mass is 331 g/mol. The number of methoxy groups -OCH3 is 1. The summed E-state index contributed by atoms with van der Waals surface area (Å²) in [4.78, 5) is 23.7. The van der Waals surface area contributed by atoms with Crippen LogP contribution in [0.2, 0.25) is 10.0 Å². The van der Waals surface area contributed by atoms with Crippen LogP contribution in [-0.2, 0) is 4.79 Å². The Morgan fingerprint density at radius 2 is 1.76 bits per heavy atom. The van der Waals surface area contributed by atoms with Crippen molar-refractivity contribution in [2.75, 3.05) is 7.11 Å². The molecule has 0 radical (unpaired) electrons. The highest BCUT2D eigenvalue weighted by Gasteiger charge is 2.42. The van der Waals surface area contributed by atoms with E-state index in [4.69, 9.17) is 27.9 Å². The number of hydrogen-bond acceptors (Lipinski definition) is 3. The lowest BCUT2D eigenvalue weighted by atomic mass is 9.97. The molecule has 1 amide bonds. The molecular weight excluding hydrogens is 317 g/mol. The summed E-state index contributed by atoms with van der Waals surface area (Å²) < 4.78 is 5.01. The van der Waals surface area contributed by atoms with E-state index in [0.717, 1.165) is 12.8 Å². The first-order valence-corrected chi connectivity index (χ1v) is 7.24. The summed E-state index contributed by atoms with van der Waals surface area (Å²) >= 11 is 12.0. The molecule has 0 heterocycles. The topological polar surface area (TPSA) is 75.6 Å². The van der Waals surface area contributed by atoms with Gasteiger partial charge in [0.05, 0.1) is 17.2 Å². The van der Waals surface area contributed by atoms with Gasteiger partial charge in [-0.05, 0) is 25.0 Å². The van der Waals surface area contributed by atoms with Crippen LogP contribution in [0.3, 0.4) is 0 Å². The molecule has 1 aromatic carbocycles. The van der Waals surface area contributed by atoms with Crippen LogP contribution in [0.1, 0.15) is 36.0 Å². The Hall–Kier alpha value is -1.46. The van der Waals surface area contributed by atoms with E-state index < -0.39 is 17.4 Å². The fraction of sp³-hybridized carbons (Fsp3) is 0.429. The number of nitrogens with one attached hydrogen (secondary N) is 1. The van der Waals surface area contributed by atoms with Gasteiger partial charge in [0.15, 0.2) is 5.75 Å². The number of ether oxygens (including phenoxy) is 1. The maximum atomic E-state index is 12.3. The summed E-state index contributed by atoms with van der Waals surface area (Å²) in [5.74, 6) is -1.24. The predicted octanol–water partition coefficient (Wildman–Crippen LogP) is 3.13. The average Bonchev–Trinajstić information content (AvgIpc) is 2.88. The summed E-state index contributed by atoms with van der Waals surface area (Å²) in [6.07, 6.45) is 2.39. The van der Waals surface area contributed by atoms with Crippen LogP contribution in [0.4, 0.5) is 0 Å². The number of amides is 1. The van der Waals surface area contributed by atoms with Crippen molar-refractivity contribution in [1.29, 1.82) is 0 Å². The van der Waals surface area contributed by atoms with E-state index in [1.807, 2.05) is 0 Å². The molecular formula is C14H15Cl2NO4. The van der Waals surface area contributed by atoms with E-state index in [1.165, 1.54) is 19.2 Å². The van der Waals surface area contributed by atoms with Gasteiger partial charge in [0.25, 0.3) is 5.91 Å². The molecule has 0 aromatic heterocycles. The number of rotatable bonds is 4. The standard InChI is InChI=1S/C14H15Cl2NO4/c1-21-11-9(15)6-8(7-10(11)16)12(18)17-14(13(19)20)4-2-3-5-14/h6-7H,2-5H2,1H3,(H,17,18)(H,19,20). The number of carbonyl (C=O) groups excluding carboxylic acids is 1. The van der Waals surface area contributed by atoms with E-state index in [-0.39, 0.29) is 21.4 Å². The zero-order chi connectivity index (χ0) is 15.6. The summed E-state index contributed by atoms with van der Waals surface area (Å²) in [5, 5.41) is 12.4. The molecule has 0 spiro atoms. The van der Waals surface area contributed by atoms with Crippen LogP contribution in [-0.4, -0.2) is 29.6 Å². The Morgan fingerprint density at radius 3 is 2.19 bits per heavy atom. The Kier molecular flexibility index (Phi) is 4.64. The van der Waals surface area contributed by atoms with Gasteiger partial charge in [0.2, 0.25) is 0 Å². The van der Waals surface area contributed by atoms with Crippen molar-refractivity contribution in [1.82, 2.24) is 5.32 Å². The summed E-state index contributed by atoms with van der Waals surface area (Å²) in [6, 6.07) is 2.82. The molecule has 0 aliphatic heterocycles. The van der Waals surface area contributed by atoms with Gasteiger partial charge in [-0.15, -0.1) is 0 Å². The lowest BCUT2D eigenvalue weighted by Gasteiger charge is -2.25. The first kappa shape index (κ1) is 15.9. The zero-order valence-corrected chi connectivity index (χ0v) is 12.9. The third-order valence-electron chi connectivity index (χ3n) is 3.68. The molecule has 2 N–H and O–H groups in total. The Labute approximate surface area is 132 Å². The van der Waals surface area contributed by atoms with Crippen LogP contribution < -0.4 is 10.1 Å². The van der Waals surface area contributed by atoms with Gasteiger partial charge in [-0.25, -0.2) is 4.79 Å². The summed E-state index contributed by atoms with van der Waals surface area (Å²) in [5.41, 5.74) is -0.992. The smallest absolute Gasteiger partial charge is 0.329 e. The molecule has 1 aliphatic rings. The van der Waals surface area contributed by atoms with Crippen LogP contribution in [0.5, 0.6) is 5.75 Å². The zero-order valence-electron chi connectivity index (χ0n) is 11.4. The summed E-state index contributed by atoms with van der Waals surface area (Å²) in [7, 11) is 1.42. The molecule has 0 saturated heterocycles. The maximum absolute atomic E-state index is 12.3. The highest BCUT2D eigenvalue weighted by Crippen LogP contribution is 2.35. The fourth-order valence-corrected chi connectivity index (χ4v) is 3.19.